The van der Waals surface area contributed by atoms with Crippen LogP contribution in [0.3, 0.4) is 0 Å². The van der Waals surface area contributed by atoms with E-state index in [0.717, 1.165) is 25.7 Å². The molecular formula is C12H18IN3O2. The van der Waals surface area contributed by atoms with Gasteiger partial charge in [-0.25, -0.2) is 4.98 Å². The molecule has 0 spiro atoms. The maximum atomic E-state index is 11.4. The summed E-state index contributed by atoms with van der Waals surface area (Å²) in [6, 6.07) is 0. The van der Waals surface area contributed by atoms with Crippen LogP contribution in [0, 0.1) is 3.57 Å². The van der Waals surface area contributed by atoms with Crippen molar-refractivity contribution in [3.63, 3.8) is 0 Å². The normalized spacial score (nSPS) is 19.2. The monoisotopic (exact) mass is 363 g/mol. The van der Waals surface area contributed by atoms with Gasteiger partial charge in [-0.05, 0) is 35.4 Å². The molecule has 1 aliphatic rings. The molecule has 0 amide bonds. The van der Waals surface area contributed by atoms with Gasteiger partial charge < -0.3 is 15.5 Å². The smallest absolute Gasteiger partial charge is 0.268 e. The van der Waals surface area contributed by atoms with Gasteiger partial charge in [0.25, 0.3) is 5.56 Å². The van der Waals surface area contributed by atoms with Gasteiger partial charge >= 0.3 is 0 Å². The summed E-state index contributed by atoms with van der Waals surface area (Å²) in [5, 5.41) is 0. The maximum absolute atomic E-state index is 11.4. The Bertz CT molecular complexity index is 453. The highest BCUT2D eigenvalue weighted by atomic mass is 127. The van der Waals surface area contributed by atoms with E-state index in [1.165, 1.54) is 19.2 Å². The number of hydrogen-bond acceptors (Lipinski definition) is 4. The van der Waals surface area contributed by atoms with Gasteiger partial charge in [0.05, 0.1) is 11.9 Å². The van der Waals surface area contributed by atoms with E-state index in [1.54, 1.807) is 0 Å². The molecule has 0 aliphatic heterocycles. The molecule has 0 bridgehead atoms. The lowest BCUT2D eigenvalue weighted by Gasteiger charge is -2.27. The van der Waals surface area contributed by atoms with Gasteiger partial charge in [-0.2, -0.15) is 0 Å². The van der Waals surface area contributed by atoms with Crippen LogP contribution >= 0.6 is 22.6 Å². The van der Waals surface area contributed by atoms with Crippen molar-refractivity contribution in [2.45, 2.75) is 44.1 Å². The SMILES string of the molecule is NC1(COc2nc[nH]c(=O)c2I)CCCCCC1. The third-order valence-corrected chi connectivity index (χ3v) is 4.31. The van der Waals surface area contributed by atoms with Crippen molar-refractivity contribution >= 4 is 22.6 Å². The Labute approximate surface area is 120 Å². The van der Waals surface area contributed by atoms with Gasteiger partial charge in [-0.3, -0.25) is 4.79 Å². The zero-order valence-corrected chi connectivity index (χ0v) is 12.4. The average Bonchev–Trinajstić information content (AvgIpc) is 2.57. The second-order valence-electron chi connectivity index (χ2n) is 4.92. The van der Waals surface area contributed by atoms with E-state index >= 15 is 0 Å². The van der Waals surface area contributed by atoms with Crippen molar-refractivity contribution in [3.05, 3.63) is 20.3 Å². The van der Waals surface area contributed by atoms with E-state index in [9.17, 15) is 4.79 Å². The fraction of sp³-hybridized carbons (Fsp3) is 0.667. The highest BCUT2D eigenvalue weighted by molar-refractivity contribution is 14.1. The average molecular weight is 363 g/mol. The number of nitrogens with one attached hydrogen (secondary N) is 1. The number of halogens is 1. The molecule has 1 fully saturated rings. The maximum Gasteiger partial charge on any atom is 0.268 e. The lowest BCUT2D eigenvalue weighted by Crippen LogP contribution is -2.45. The lowest BCUT2D eigenvalue weighted by atomic mass is 9.93. The number of hydrogen-bond donors (Lipinski definition) is 2. The fourth-order valence-electron chi connectivity index (χ4n) is 2.26. The molecule has 0 aromatic carbocycles. The van der Waals surface area contributed by atoms with E-state index in [2.05, 4.69) is 9.97 Å². The third kappa shape index (κ3) is 3.44. The molecule has 0 atom stereocenters. The number of ether oxygens (including phenoxy) is 1. The quantitative estimate of drug-likeness (QED) is 0.634. The molecule has 6 heteroatoms. The summed E-state index contributed by atoms with van der Waals surface area (Å²) < 4.78 is 6.13. The molecule has 5 nitrogen and oxygen atoms in total. The zero-order valence-electron chi connectivity index (χ0n) is 10.2. The van der Waals surface area contributed by atoms with Crippen LogP contribution in [0.2, 0.25) is 0 Å². The second-order valence-corrected chi connectivity index (χ2v) is 5.99. The van der Waals surface area contributed by atoms with Crippen LogP contribution in [0.1, 0.15) is 38.5 Å². The van der Waals surface area contributed by atoms with Crippen LogP contribution in [0.5, 0.6) is 5.88 Å². The summed E-state index contributed by atoms with van der Waals surface area (Å²) >= 11 is 1.94. The van der Waals surface area contributed by atoms with Crippen LogP contribution in [0.4, 0.5) is 0 Å². The topological polar surface area (TPSA) is 81.0 Å². The summed E-state index contributed by atoms with van der Waals surface area (Å²) in [5.41, 5.74) is 5.91. The molecule has 1 heterocycles. The summed E-state index contributed by atoms with van der Waals surface area (Å²) in [5.74, 6) is 0.383. The molecule has 0 unspecified atom stereocenters. The first-order valence-corrected chi connectivity index (χ1v) is 7.33. The zero-order chi connectivity index (χ0) is 13.0. The van der Waals surface area contributed by atoms with Gasteiger partial charge in [-0.1, -0.05) is 25.7 Å². The second kappa shape index (κ2) is 6.01. The molecule has 1 aromatic rings. The molecule has 2 rings (SSSR count). The van der Waals surface area contributed by atoms with Gasteiger partial charge in [0.15, 0.2) is 0 Å². The van der Waals surface area contributed by atoms with Crippen LogP contribution in [0.15, 0.2) is 11.1 Å². The van der Waals surface area contributed by atoms with Gasteiger partial charge in [0.1, 0.15) is 10.2 Å². The fourth-order valence-corrected chi connectivity index (χ4v) is 2.71. The Morgan fingerprint density at radius 3 is 2.72 bits per heavy atom. The van der Waals surface area contributed by atoms with E-state index in [0.29, 0.717) is 16.1 Å². The van der Waals surface area contributed by atoms with E-state index in [-0.39, 0.29) is 11.1 Å². The van der Waals surface area contributed by atoms with Crippen LogP contribution in [-0.2, 0) is 0 Å². The third-order valence-electron chi connectivity index (χ3n) is 3.36. The number of aromatic nitrogens is 2. The minimum absolute atomic E-state index is 0.174. The molecule has 0 radical (unpaired) electrons. The largest absolute Gasteiger partial charge is 0.475 e. The number of rotatable bonds is 3. The predicted molar refractivity (Wildman–Crippen MR) is 77.7 cm³/mol. The minimum Gasteiger partial charge on any atom is -0.475 e. The standard InChI is InChI=1S/C12H18IN3O2/c13-9-10(17)15-8-16-11(9)18-7-12(14)5-3-1-2-4-6-12/h8H,1-7,14H2,(H,15,16,17). The van der Waals surface area contributed by atoms with Crippen LogP contribution in [-0.4, -0.2) is 22.1 Å². The van der Waals surface area contributed by atoms with Crippen LogP contribution < -0.4 is 16.0 Å². The molecular weight excluding hydrogens is 345 g/mol. The Morgan fingerprint density at radius 2 is 2.06 bits per heavy atom. The van der Waals surface area contributed by atoms with Gasteiger partial charge in [0.2, 0.25) is 5.88 Å². The summed E-state index contributed by atoms with van der Waals surface area (Å²) in [6.07, 6.45) is 8.12. The van der Waals surface area contributed by atoms with Crippen molar-refractivity contribution in [2.75, 3.05) is 6.61 Å². The van der Waals surface area contributed by atoms with Gasteiger partial charge in [-0.15, -0.1) is 0 Å². The van der Waals surface area contributed by atoms with Crippen molar-refractivity contribution < 1.29 is 4.74 Å². The first-order chi connectivity index (χ1) is 8.61. The molecule has 18 heavy (non-hydrogen) atoms. The summed E-state index contributed by atoms with van der Waals surface area (Å²) in [6.45, 7) is 0.430. The van der Waals surface area contributed by atoms with E-state index in [1.807, 2.05) is 22.6 Å². The summed E-state index contributed by atoms with van der Waals surface area (Å²) in [7, 11) is 0. The first kappa shape index (κ1) is 13.8. The molecule has 3 N–H and O–H groups in total. The van der Waals surface area contributed by atoms with E-state index in [4.69, 9.17) is 10.5 Å². The Kier molecular flexibility index (Phi) is 4.60. The molecule has 1 aliphatic carbocycles. The van der Waals surface area contributed by atoms with Gasteiger partial charge in [0, 0.05) is 0 Å². The molecule has 1 saturated carbocycles. The van der Waals surface area contributed by atoms with Crippen molar-refractivity contribution in [1.29, 1.82) is 0 Å². The predicted octanol–water partition coefficient (Wildman–Crippen LogP) is 1.80. The number of H-pyrrole nitrogens is 1. The van der Waals surface area contributed by atoms with E-state index < -0.39 is 0 Å². The van der Waals surface area contributed by atoms with Crippen molar-refractivity contribution in [3.8, 4) is 5.88 Å². The summed E-state index contributed by atoms with van der Waals surface area (Å²) in [4.78, 5) is 18.0. The Morgan fingerprint density at radius 1 is 1.39 bits per heavy atom. The molecule has 0 saturated heterocycles. The molecule has 1 aromatic heterocycles. The highest BCUT2D eigenvalue weighted by Gasteiger charge is 2.27. The number of nitrogens with zero attached hydrogens (tertiary/aromatic N) is 1. The first-order valence-electron chi connectivity index (χ1n) is 6.26. The number of aromatic amines is 1. The number of nitrogens with two attached hydrogens (primary N) is 1. The lowest BCUT2D eigenvalue weighted by molar-refractivity contribution is 0.192. The minimum atomic E-state index is -0.274. The van der Waals surface area contributed by atoms with Crippen molar-refractivity contribution in [1.82, 2.24) is 9.97 Å². The molecule has 100 valence electrons. The highest BCUT2D eigenvalue weighted by Crippen LogP contribution is 2.26. The van der Waals surface area contributed by atoms with Crippen LogP contribution in [0.25, 0.3) is 0 Å². The Balaban J connectivity index is 2.02. The Hall–Kier alpha value is -0.630. The van der Waals surface area contributed by atoms with Crippen molar-refractivity contribution in [2.24, 2.45) is 5.73 Å².